The molecule has 0 unspecified atom stereocenters. The number of halogens is 4. The summed E-state index contributed by atoms with van der Waals surface area (Å²) in [4.78, 5) is 12.6. The third-order valence-corrected chi connectivity index (χ3v) is 2.20. The van der Waals surface area contributed by atoms with Gasteiger partial charge in [-0.1, -0.05) is 0 Å². The Balaban J connectivity index is 3.29. The molecule has 1 rings (SSSR count). The molecule has 14 heavy (non-hydrogen) atoms. The molecule has 1 aromatic rings. The SMILES string of the molecule is O=[N+]([O-])c1cnc(I)c(C(F)(F)F)c1. The van der Waals surface area contributed by atoms with E-state index < -0.39 is 22.4 Å². The van der Waals surface area contributed by atoms with Gasteiger partial charge in [-0.25, -0.2) is 4.98 Å². The van der Waals surface area contributed by atoms with Crippen LogP contribution in [0, 0.1) is 13.8 Å². The summed E-state index contributed by atoms with van der Waals surface area (Å²) in [6, 6.07) is 0.467. The molecule has 0 saturated heterocycles. The quantitative estimate of drug-likeness (QED) is 0.346. The fourth-order valence-electron chi connectivity index (χ4n) is 0.736. The van der Waals surface area contributed by atoms with Crippen molar-refractivity contribution in [3.05, 3.63) is 31.6 Å². The summed E-state index contributed by atoms with van der Waals surface area (Å²) in [6.07, 6.45) is -3.83. The second-order valence-electron chi connectivity index (χ2n) is 2.29. The molecule has 4 nitrogen and oxygen atoms in total. The first-order valence-corrected chi connectivity index (χ1v) is 4.27. The van der Waals surface area contributed by atoms with Gasteiger partial charge in [0.2, 0.25) is 0 Å². The Hall–Kier alpha value is -0.930. The van der Waals surface area contributed by atoms with Gasteiger partial charge in [-0.05, 0) is 22.6 Å². The van der Waals surface area contributed by atoms with E-state index in [2.05, 4.69) is 4.98 Å². The summed E-state index contributed by atoms with van der Waals surface area (Å²) in [7, 11) is 0. The molecular formula is C6H2F3IN2O2. The molecule has 0 fully saturated rings. The van der Waals surface area contributed by atoms with Crippen molar-refractivity contribution in [3.8, 4) is 0 Å². The molecule has 0 bridgehead atoms. The van der Waals surface area contributed by atoms with Crippen LogP contribution in [0.3, 0.4) is 0 Å². The van der Waals surface area contributed by atoms with Crippen molar-refractivity contribution in [1.82, 2.24) is 4.98 Å². The first-order valence-electron chi connectivity index (χ1n) is 3.19. The number of nitrogens with zero attached hydrogens (tertiary/aromatic N) is 2. The molecule has 0 aliphatic heterocycles. The van der Waals surface area contributed by atoms with Crippen molar-refractivity contribution in [2.24, 2.45) is 0 Å². The fourth-order valence-corrected chi connectivity index (χ4v) is 1.34. The summed E-state index contributed by atoms with van der Waals surface area (Å²) in [5.41, 5.74) is -1.76. The number of pyridine rings is 1. The molecular weight excluding hydrogens is 316 g/mol. The van der Waals surface area contributed by atoms with Gasteiger partial charge in [0.05, 0.1) is 10.5 Å². The van der Waals surface area contributed by atoms with Crippen LogP contribution in [-0.2, 0) is 6.18 Å². The summed E-state index contributed by atoms with van der Waals surface area (Å²) < 4.78 is 36.4. The van der Waals surface area contributed by atoms with E-state index in [0.29, 0.717) is 6.07 Å². The average molecular weight is 318 g/mol. The fraction of sp³-hybridized carbons (Fsp3) is 0.167. The molecule has 8 heteroatoms. The Labute approximate surface area is 89.4 Å². The van der Waals surface area contributed by atoms with E-state index in [0.717, 1.165) is 6.20 Å². The van der Waals surface area contributed by atoms with Gasteiger partial charge in [0, 0.05) is 6.07 Å². The summed E-state index contributed by atoms with van der Waals surface area (Å²) in [5, 5.41) is 10.2. The molecule has 0 saturated carbocycles. The minimum Gasteiger partial charge on any atom is -0.258 e. The Bertz CT molecular complexity index is 380. The molecule has 0 N–H and O–H groups in total. The first-order chi connectivity index (χ1) is 6.32. The Morgan fingerprint density at radius 3 is 2.50 bits per heavy atom. The zero-order valence-electron chi connectivity index (χ0n) is 6.38. The van der Waals surface area contributed by atoms with Crippen molar-refractivity contribution in [2.75, 3.05) is 0 Å². The number of hydrogen-bond acceptors (Lipinski definition) is 3. The minimum atomic E-state index is -4.62. The highest BCUT2D eigenvalue weighted by Gasteiger charge is 2.35. The second kappa shape index (κ2) is 3.67. The van der Waals surface area contributed by atoms with Gasteiger partial charge in [-0.3, -0.25) is 10.1 Å². The standard InChI is InChI=1S/C6H2F3IN2O2/c7-6(8,9)4-1-3(12(13)14)2-11-5(4)10/h1-2H. The lowest BCUT2D eigenvalue weighted by atomic mass is 10.2. The van der Waals surface area contributed by atoms with Crippen LogP contribution in [0.5, 0.6) is 0 Å². The van der Waals surface area contributed by atoms with Gasteiger partial charge in [-0.15, -0.1) is 0 Å². The van der Waals surface area contributed by atoms with Gasteiger partial charge in [-0.2, -0.15) is 13.2 Å². The van der Waals surface area contributed by atoms with E-state index in [4.69, 9.17) is 0 Å². The van der Waals surface area contributed by atoms with Gasteiger partial charge in [0.15, 0.2) is 0 Å². The van der Waals surface area contributed by atoms with Crippen molar-refractivity contribution in [3.63, 3.8) is 0 Å². The molecule has 1 heterocycles. The number of hydrogen-bond donors (Lipinski definition) is 0. The Morgan fingerprint density at radius 1 is 1.50 bits per heavy atom. The summed E-state index contributed by atoms with van der Waals surface area (Å²) >= 11 is 1.37. The Kier molecular flexibility index (Phi) is 2.92. The molecule has 0 radical (unpaired) electrons. The zero-order valence-corrected chi connectivity index (χ0v) is 8.53. The van der Waals surface area contributed by atoms with Crippen LogP contribution in [0.4, 0.5) is 18.9 Å². The minimum absolute atomic E-state index is 0.305. The van der Waals surface area contributed by atoms with Crippen molar-refractivity contribution in [1.29, 1.82) is 0 Å². The number of rotatable bonds is 1. The lowest BCUT2D eigenvalue weighted by Crippen LogP contribution is -2.09. The van der Waals surface area contributed by atoms with Crippen molar-refractivity contribution < 1.29 is 18.1 Å². The van der Waals surface area contributed by atoms with Gasteiger partial charge >= 0.3 is 6.18 Å². The van der Waals surface area contributed by atoms with Gasteiger partial charge < -0.3 is 0 Å². The normalized spacial score (nSPS) is 11.4. The second-order valence-corrected chi connectivity index (χ2v) is 3.31. The number of aromatic nitrogens is 1. The average Bonchev–Trinajstić information content (AvgIpc) is 2.02. The van der Waals surface area contributed by atoms with Crippen LogP contribution in [0.2, 0.25) is 0 Å². The lowest BCUT2D eigenvalue weighted by molar-refractivity contribution is -0.385. The lowest BCUT2D eigenvalue weighted by Gasteiger charge is -2.06. The first kappa shape index (κ1) is 11.1. The van der Waals surface area contributed by atoms with Crippen molar-refractivity contribution in [2.45, 2.75) is 6.18 Å². The smallest absolute Gasteiger partial charge is 0.258 e. The van der Waals surface area contributed by atoms with Crippen molar-refractivity contribution >= 4 is 28.3 Å². The van der Waals surface area contributed by atoms with E-state index in [1.165, 1.54) is 22.6 Å². The van der Waals surface area contributed by atoms with E-state index in [9.17, 15) is 23.3 Å². The van der Waals surface area contributed by atoms with Crippen LogP contribution in [0.15, 0.2) is 12.3 Å². The maximum absolute atomic E-state index is 12.2. The Morgan fingerprint density at radius 2 is 2.07 bits per heavy atom. The maximum atomic E-state index is 12.2. The molecule has 0 spiro atoms. The number of nitro groups is 1. The van der Waals surface area contributed by atoms with E-state index in [1.54, 1.807) is 0 Å². The molecule has 76 valence electrons. The molecule has 0 atom stereocenters. The van der Waals surface area contributed by atoms with Gasteiger partial charge in [0.25, 0.3) is 5.69 Å². The van der Waals surface area contributed by atoms with Crippen LogP contribution >= 0.6 is 22.6 Å². The highest BCUT2D eigenvalue weighted by molar-refractivity contribution is 14.1. The third-order valence-electron chi connectivity index (χ3n) is 1.34. The van der Waals surface area contributed by atoms with Crippen LogP contribution < -0.4 is 0 Å². The van der Waals surface area contributed by atoms with E-state index in [1.807, 2.05) is 0 Å². The topological polar surface area (TPSA) is 56.0 Å². The molecule has 0 amide bonds. The highest BCUT2D eigenvalue weighted by Crippen LogP contribution is 2.33. The summed E-state index contributed by atoms with van der Waals surface area (Å²) in [5.74, 6) is 0. The van der Waals surface area contributed by atoms with Gasteiger partial charge in [0.1, 0.15) is 9.90 Å². The molecule has 1 aromatic heterocycles. The van der Waals surface area contributed by atoms with Crippen LogP contribution in [-0.4, -0.2) is 9.91 Å². The summed E-state index contributed by atoms with van der Waals surface area (Å²) in [6.45, 7) is 0. The third kappa shape index (κ3) is 2.30. The predicted octanol–water partition coefficient (Wildman–Crippen LogP) is 2.61. The maximum Gasteiger partial charge on any atom is 0.419 e. The highest BCUT2D eigenvalue weighted by atomic mass is 127. The largest absolute Gasteiger partial charge is 0.419 e. The molecule has 0 aliphatic rings. The van der Waals surface area contributed by atoms with Crippen LogP contribution in [0.25, 0.3) is 0 Å². The van der Waals surface area contributed by atoms with E-state index >= 15 is 0 Å². The monoisotopic (exact) mass is 318 g/mol. The number of alkyl halides is 3. The molecule has 0 aromatic carbocycles. The zero-order chi connectivity index (χ0) is 10.9. The van der Waals surface area contributed by atoms with Crippen LogP contribution in [0.1, 0.15) is 5.56 Å². The van der Waals surface area contributed by atoms with E-state index in [-0.39, 0.29) is 3.70 Å². The molecule has 0 aliphatic carbocycles. The predicted molar refractivity (Wildman–Crippen MR) is 48.6 cm³/mol.